The van der Waals surface area contributed by atoms with Crippen molar-refractivity contribution in [3.05, 3.63) is 53.3 Å². The van der Waals surface area contributed by atoms with Gasteiger partial charge in [-0.1, -0.05) is 61.6 Å². The van der Waals surface area contributed by atoms with E-state index in [0.717, 1.165) is 12.0 Å². The Morgan fingerprint density at radius 3 is 2.29 bits per heavy atom. The standard InChI is InChI=1S/C24H33NO2S/c1-18-12-14-20(15-13-18)28(26,27)25-16-8-11-21(19-9-6-4-5-7-10-19)23-22(17-25)24(23,2)3/h8,12-16,22-23H,4-7,9-11,17H2,1-3H3/b16-8-/t22-,23+/m1/s1. The van der Waals surface area contributed by atoms with Crippen LogP contribution in [0, 0.1) is 24.2 Å². The molecular formula is C24H33NO2S. The Balaban J connectivity index is 1.65. The molecule has 0 N–H and O–H groups in total. The Bertz CT molecular complexity index is 883. The van der Waals surface area contributed by atoms with Crippen LogP contribution in [-0.2, 0) is 10.0 Å². The first-order valence-electron chi connectivity index (χ1n) is 10.8. The van der Waals surface area contributed by atoms with E-state index in [2.05, 4.69) is 19.9 Å². The quantitative estimate of drug-likeness (QED) is 0.464. The van der Waals surface area contributed by atoms with Crippen molar-refractivity contribution >= 4 is 10.0 Å². The first-order valence-corrected chi connectivity index (χ1v) is 12.2. The Morgan fingerprint density at radius 1 is 1.00 bits per heavy atom. The van der Waals surface area contributed by atoms with Gasteiger partial charge in [0, 0.05) is 12.7 Å². The molecular weight excluding hydrogens is 366 g/mol. The molecule has 3 nitrogen and oxygen atoms in total. The molecule has 0 spiro atoms. The van der Waals surface area contributed by atoms with Gasteiger partial charge < -0.3 is 0 Å². The number of rotatable bonds is 2. The molecule has 0 amide bonds. The van der Waals surface area contributed by atoms with Gasteiger partial charge in [-0.25, -0.2) is 8.42 Å². The third-order valence-corrected chi connectivity index (χ3v) is 8.96. The second-order valence-electron chi connectivity index (χ2n) is 9.43. The summed E-state index contributed by atoms with van der Waals surface area (Å²) >= 11 is 0. The number of aryl methyl sites for hydroxylation is 1. The normalized spacial score (nSPS) is 28.8. The van der Waals surface area contributed by atoms with E-state index in [0.29, 0.717) is 23.3 Å². The van der Waals surface area contributed by atoms with Crippen molar-refractivity contribution in [2.75, 3.05) is 6.54 Å². The van der Waals surface area contributed by atoms with Crippen LogP contribution in [0.2, 0.25) is 0 Å². The van der Waals surface area contributed by atoms with Crippen molar-refractivity contribution in [2.24, 2.45) is 17.3 Å². The van der Waals surface area contributed by atoms with Gasteiger partial charge in [-0.15, -0.1) is 0 Å². The predicted molar refractivity (Wildman–Crippen MR) is 114 cm³/mol. The molecule has 4 rings (SSSR count). The van der Waals surface area contributed by atoms with Gasteiger partial charge in [-0.3, -0.25) is 4.31 Å². The maximum Gasteiger partial charge on any atom is 0.263 e. The van der Waals surface area contributed by atoms with Crippen molar-refractivity contribution < 1.29 is 8.42 Å². The van der Waals surface area contributed by atoms with Gasteiger partial charge in [0.15, 0.2) is 0 Å². The van der Waals surface area contributed by atoms with Crippen LogP contribution >= 0.6 is 0 Å². The van der Waals surface area contributed by atoms with Gasteiger partial charge in [-0.2, -0.15) is 0 Å². The molecule has 0 radical (unpaired) electrons. The SMILES string of the molecule is Cc1ccc(S(=O)(=O)N2/C=C\CC(=C3CCCCCC3)[C@H]3[C@@H](C2)C3(C)C)cc1. The summed E-state index contributed by atoms with van der Waals surface area (Å²) in [5, 5.41) is 0. The lowest BCUT2D eigenvalue weighted by atomic mass is 9.91. The number of benzene rings is 1. The summed E-state index contributed by atoms with van der Waals surface area (Å²) in [4.78, 5) is 0.390. The minimum atomic E-state index is -3.49. The molecule has 2 atom stereocenters. The largest absolute Gasteiger partial charge is 0.273 e. The molecule has 0 aromatic heterocycles. The summed E-state index contributed by atoms with van der Waals surface area (Å²) < 4.78 is 28.1. The Kier molecular flexibility index (Phi) is 5.20. The van der Waals surface area contributed by atoms with Crippen molar-refractivity contribution in [3.63, 3.8) is 0 Å². The molecule has 3 aliphatic rings. The van der Waals surface area contributed by atoms with Crippen LogP contribution in [0.15, 0.2) is 52.6 Å². The lowest BCUT2D eigenvalue weighted by molar-refractivity contribution is 0.441. The molecule has 2 aliphatic carbocycles. The topological polar surface area (TPSA) is 37.4 Å². The number of sulfonamides is 1. The third-order valence-electron chi connectivity index (χ3n) is 7.20. The van der Waals surface area contributed by atoms with Crippen molar-refractivity contribution in [2.45, 2.75) is 70.6 Å². The molecule has 2 fully saturated rings. The maximum atomic E-state index is 13.2. The highest BCUT2D eigenvalue weighted by atomic mass is 32.2. The number of hydrogen-bond acceptors (Lipinski definition) is 2. The van der Waals surface area contributed by atoms with Crippen molar-refractivity contribution in [1.82, 2.24) is 4.31 Å². The highest BCUT2D eigenvalue weighted by Crippen LogP contribution is 2.64. The average molecular weight is 400 g/mol. The van der Waals surface area contributed by atoms with Crippen LogP contribution in [0.25, 0.3) is 0 Å². The molecule has 0 bridgehead atoms. The van der Waals surface area contributed by atoms with Crippen LogP contribution in [0.3, 0.4) is 0 Å². The number of hydrogen-bond donors (Lipinski definition) is 0. The van der Waals surface area contributed by atoms with E-state index >= 15 is 0 Å². The van der Waals surface area contributed by atoms with Crippen LogP contribution in [0.1, 0.15) is 64.4 Å². The van der Waals surface area contributed by atoms with Gasteiger partial charge in [0.25, 0.3) is 10.0 Å². The van der Waals surface area contributed by atoms with E-state index in [1.165, 1.54) is 38.5 Å². The highest BCUT2D eigenvalue weighted by molar-refractivity contribution is 7.89. The average Bonchev–Trinajstić information content (AvgIpc) is 3.26. The third kappa shape index (κ3) is 3.56. The Labute approximate surface area is 170 Å². The zero-order valence-corrected chi connectivity index (χ0v) is 18.3. The molecule has 28 heavy (non-hydrogen) atoms. The zero-order valence-electron chi connectivity index (χ0n) is 17.4. The maximum absolute atomic E-state index is 13.2. The van der Waals surface area contributed by atoms with E-state index in [-0.39, 0.29) is 5.41 Å². The van der Waals surface area contributed by atoms with Gasteiger partial charge in [0.1, 0.15) is 0 Å². The van der Waals surface area contributed by atoms with Crippen LogP contribution in [0.4, 0.5) is 0 Å². The molecule has 1 aromatic carbocycles. The lowest BCUT2D eigenvalue weighted by Crippen LogP contribution is -2.29. The van der Waals surface area contributed by atoms with E-state index in [4.69, 9.17) is 0 Å². The summed E-state index contributed by atoms with van der Waals surface area (Å²) in [6.07, 6.45) is 12.6. The fourth-order valence-corrected chi connectivity index (χ4v) is 6.67. The Morgan fingerprint density at radius 2 is 1.64 bits per heavy atom. The second-order valence-corrected chi connectivity index (χ2v) is 11.3. The molecule has 2 saturated carbocycles. The molecule has 0 saturated heterocycles. The summed E-state index contributed by atoms with van der Waals surface area (Å²) in [6, 6.07) is 7.20. The fraction of sp³-hybridized carbons (Fsp3) is 0.583. The molecule has 152 valence electrons. The summed E-state index contributed by atoms with van der Waals surface area (Å²) in [5.41, 5.74) is 4.56. The van der Waals surface area contributed by atoms with Crippen LogP contribution < -0.4 is 0 Å². The summed E-state index contributed by atoms with van der Waals surface area (Å²) in [5.74, 6) is 0.935. The first kappa shape index (κ1) is 19.8. The number of nitrogens with zero attached hydrogens (tertiary/aromatic N) is 1. The first-order chi connectivity index (χ1) is 13.3. The van der Waals surface area contributed by atoms with Crippen LogP contribution in [0.5, 0.6) is 0 Å². The smallest absolute Gasteiger partial charge is 0.263 e. The molecule has 0 unspecified atom stereocenters. The molecule has 1 heterocycles. The number of allylic oxidation sites excluding steroid dienone is 3. The molecule has 4 heteroatoms. The van der Waals surface area contributed by atoms with E-state index in [1.807, 2.05) is 25.3 Å². The minimum Gasteiger partial charge on any atom is -0.273 e. The van der Waals surface area contributed by atoms with Crippen molar-refractivity contribution in [3.8, 4) is 0 Å². The second kappa shape index (κ2) is 7.37. The summed E-state index contributed by atoms with van der Waals surface area (Å²) in [7, 11) is -3.49. The highest BCUT2D eigenvalue weighted by Gasteiger charge is 2.60. The Hall–Kier alpha value is -1.55. The van der Waals surface area contributed by atoms with Gasteiger partial charge >= 0.3 is 0 Å². The lowest BCUT2D eigenvalue weighted by Gasteiger charge is -2.23. The van der Waals surface area contributed by atoms with Gasteiger partial charge in [0.2, 0.25) is 0 Å². The van der Waals surface area contributed by atoms with Crippen LogP contribution in [-0.4, -0.2) is 19.3 Å². The molecule has 1 aromatic rings. The monoisotopic (exact) mass is 399 g/mol. The molecule has 1 aliphatic heterocycles. The van der Waals surface area contributed by atoms with Gasteiger partial charge in [-0.05, 0) is 68.4 Å². The van der Waals surface area contributed by atoms with Gasteiger partial charge in [0.05, 0.1) is 4.90 Å². The van der Waals surface area contributed by atoms with E-state index < -0.39 is 10.0 Å². The zero-order chi connectivity index (χ0) is 19.9. The van der Waals surface area contributed by atoms with E-state index in [1.54, 1.807) is 27.6 Å². The van der Waals surface area contributed by atoms with Crippen molar-refractivity contribution in [1.29, 1.82) is 0 Å². The van der Waals surface area contributed by atoms with E-state index in [9.17, 15) is 8.42 Å². The minimum absolute atomic E-state index is 0.182. The fourth-order valence-electron chi connectivity index (χ4n) is 5.32. The summed E-state index contributed by atoms with van der Waals surface area (Å²) in [6.45, 7) is 7.20. The predicted octanol–water partition coefficient (Wildman–Crippen LogP) is 5.83. The number of fused-ring (bicyclic) bond motifs is 1.